The number of carbonyl (C=O) groups is 3. The molecule has 1 saturated heterocycles. The molecule has 0 aromatic carbocycles. The SMILES string of the molecule is CCNC(=O)NC(=O)CN1CCN(CC(=O)N[C@@H](C)CC)CC1. The third kappa shape index (κ3) is 7.94. The molecule has 23 heavy (non-hydrogen) atoms. The molecule has 0 aromatic rings. The van der Waals surface area contributed by atoms with E-state index in [1.165, 1.54) is 0 Å². The first kappa shape index (κ1) is 19.4. The van der Waals surface area contributed by atoms with E-state index >= 15 is 0 Å². The second kappa shape index (κ2) is 10.2. The van der Waals surface area contributed by atoms with Crippen molar-refractivity contribution in [2.45, 2.75) is 33.2 Å². The third-order valence-corrected chi connectivity index (χ3v) is 3.81. The summed E-state index contributed by atoms with van der Waals surface area (Å²) in [6.45, 7) is 9.78. The van der Waals surface area contributed by atoms with Crippen LogP contribution in [0.5, 0.6) is 0 Å². The molecule has 132 valence electrons. The highest BCUT2D eigenvalue weighted by Crippen LogP contribution is 2.01. The van der Waals surface area contributed by atoms with Gasteiger partial charge in [0.1, 0.15) is 0 Å². The second-order valence-corrected chi connectivity index (χ2v) is 5.84. The van der Waals surface area contributed by atoms with Crippen LogP contribution in [0.2, 0.25) is 0 Å². The number of rotatable bonds is 7. The van der Waals surface area contributed by atoms with E-state index in [9.17, 15) is 14.4 Å². The maximum atomic E-state index is 11.8. The summed E-state index contributed by atoms with van der Waals surface area (Å²) in [7, 11) is 0. The maximum Gasteiger partial charge on any atom is 0.321 e. The third-order valence-electron chi connectivity index (χ3n) is 3.81. The van der Waals surface area contributed by atoms with Gasteiger partial charge in [0.05, 0.1) is 13.1 Å². The summed E-state index contributed by atoms with van der Waals surface area (Å²) in [6.07, 6.45) is 0.917. The van der Waals surface area contributed by atoms with E-state index in [2.05, 4.69) is 20.9 Å². The van der Waals surface area contributed by atoms with Gasteiger partial charge in [0.25, 0.3) is 0 Å². The minimum Gasteiger partial charge on any atom is -0.353 e. The summed E-state index contributed by atoms with van der Waals surface area (Å²) in [4.78, 5) is 38.9. The number of carbonyl (C=O) groups excluding carboxylic acids is 3. The molecule has 1 aliphatic heterocycles. The van der Waals surface area contributed by atoms with E-state index < -0.39 is 6.03 Å². The topological polar surface area (TPSA) is 93.8 Å². The molecule has 1 aliphatic rings. The van der Waals surface area contributed by atoms with Crippen LogP contribution in [-0.4, -0.2) is 79.5 Å². The second-order valence-electron chi connectivity index (χ2n) is 5.84. The highest BCUT2D eigenvalue weighted by Gasteiger charge is 2.21. The normalized spacial score (nSPS) is 17.3. The van der Waals surface area contributed by atoms with Gasteiger partial charge in [-0.2, -0.15) is 0 Å². The molecular weight excluding hydrogens is 298 g/mol. The number of urea groups is 1. The molecule has 1 rings (SSSR count). The maximum absolute atomic E-state index is 11.8. The summed E-state index contributed by atoms with van der Waals surface area (Å²) in [5.74, 6) is -0.263. The van der Waals surface area contributed by atoms with E-state index in [4.69, 9.17) is 0 Å². The van der Waals surface area contributed by atoms with Gasteiger partial charge in [-0.15, -0.1) is 0 Å². The monoisotopic (exact) mass is 327 g/mol. The van der Waals surface area contributed by atoms with Crippen LogP contribution in [-0.2, 0) is 9.59 Å². The summed E-state index contributed by atoms with van der Waals surface area (Å²) in [5, 5.41) is 7.76. The predicted octanol–water partition coefficient (Wildman–Crippen LogP) is -0.636. The average Bonchev–Trinajstić information content (AvgIpc) is 2.49. The molecule has 4 amide bonds. The van der Waals surface area contributed by atoms with E-state index in [1.54, 1.807) is 6.92 Å². The van der Waals surface area contributed by atoms with Crippen molar-refractivity contribution in [3.05, 3.63) is 0 Å². The lowest BCUT2D eigenvalue weighted by Crippen LogP contribution is -2.53. The number of hydrogen-bond acceptors (Lipinski definition) is 5. The van der Waals surface area contributed by atoms with Gasteiger partial charge in [0.15, 0.2) is 0 Å². The Kier molecular flexibility index (Phi) is 8.57. The molecule has 3 N–H and O–H groups in total. The van der Waals surface area contributed by atoms with E-state index in [0.717, 1.165) is 19.5 Å². The zero-order valence-electron chi connectivity index (χ0n) is 14.4. The number of piperazine rings is 1. The summed E-state index contributed by atoms with van der Waals surface area (Å²) in [5.41, 5.74) is 0. The fourth-order valence-corrected chi connectivity index (χ4v) is 2.31. The quantitative estimate of drug-likeness (QED) is 0.579. The fourth-order valence-electron chi connectivity index (χ4n) is 2.31. The summed E-state index contributed by atoms with van der Waals surface area (Å²) < 4.78 is 0. The van der Waals surface area contributed by atoms with Crippen molar-refractivity contribution in [2.75, 3.05) is 45.8 Å². The smallest absolute Gasteiger partial charge is 0.321 e. The van der Waals surface area contributed by atoms with Crippen LogP contribution in [0.1, 0.15) is 27.2 Å². The molecule has 1 atom stereocenters. The van der Waals surface area contributed by atoms with Crippen LogP contribution in [0.15, 0.2) is 0 Å². The van der Waals surface area contributed by atoms with Gasteiger partial charge < -0.3 is 10.6 Å². The summed E-state index contributed by atoms with van der Waals surface area (Å²) in [6, 6.07) is -0.264. The van der Waals surface area contributed by atoms with Crippen molar-refractivity contribution in [3.63, 3.8) is 0 Å². The first-order chi connectivity index (χ1) is 10.9. The summed E-state index contributed by atoms with van der Waals surface area (Å²) >= 11 is 0. The van der Waals surface area contributed by atoms with Crippen LogP contribution in [0, 0.1) is 0 Å². The standard InChI is InChI=1S/C15H29N5O3/c1-4-12(3)17-13(21)10-19-6-8-20(9-7-19)11-14(22)18-15(23)16-5-2/h12H,4-11H2,1-3H3,(H,17,21)(H2,16,18,22,23)/t12-/m0/s1. The first-order valence-corrected chi connectivity index (χ1v) is 8.26. The molecule has 0 radical (unpaired) electrons. The van der Waals surface area contributed by atoms with E-state index in [0.29, 0.717) is 26.2 Å². The lowest BCUT2D eigenvalue weighted by molar-refractivity contribution is -0.125. The average molecular weight is 327 g/mol. The highest BCUT2D eigenvalue weighted by atomic mass is 16.2. The lowest BCUT2D eigenvalue weighted by Gasteiger charge is -2.33. The van der Waals surface area contributed by atoms with Crippen LogP contribution in [0.4, 0.5) is 4.79 Å². The van der Waals surface area contributed by atoms with Gasteiger partial charge >= 0.3 is 6.03 Å². The molecule has 8 heteroatoms. The van der Waals surface area contributed by atoms with Crippen molar-refractivity contribution in [2.24, 2.45) is 0 Å². The molecule has 0 unspecified atom stereocenters. The lowest BCUT2D eigenvalue weighted by atomic mass is 10.2. The van der Waals surface area contributed by atoms with Gasteiger partial charge in [-0.1, -0.05) is 6.92 Å². The van der Waals surface area contributed by atoms with Crippen molar-refractivity contribution in [3.8, 4) is 0 Å². The molecule has 0 aromatic heterocycles. The van der Waals surface area contributed by atoms with Gasteiger partial charge in [-0.05, 0) is 20.3 Å². The first-order valence-electron chi connectivity index (χ1n) is 8.26. The van der Waals surface area contributed by atoms with Crippen LogP contribution in [0.25, 0.3) is 0 Å². The number of amides is 4. The molecule has 0 spiro atoms. The molecule has 1 fully saturated rings. The van der Waals surface area contributed by atoms with Gasteiger partial charge in [0.2, 0.25) is 11.8 Å². The zero-order valence-corrected chi connectivity index (χ0v) is 14.4. The van der Waals surface area contributed by atoms with Crippen molar-refractivity contribution < 1.29 is 14.4 Å². The molecule has 1 heterocycles. The van der Waals surface area contributed by atoms with Crippen LogP contribution in [0.3, 0.4) is 0 Å². The van der Waals surface area contributed by atoms with Gasteiger partial charge in [-0.25, -0.2) is 4.79 Å². The van der Waals surface area contributed by atoms with Crippen molar-refractivity contribution >= 4 is 17.8 Å². The molecule has 8 nitrogen and oxygen atoms in total. The Morgan fingerprint density at radius 2 is 1.48 bits per heavy atom. The highest BCUT2D eigenvalue weighted by molar-refractivity contribution is 5.95. The van der Waals surface area contributed by atoms with E-state index in [-0.39, 0.29) is 24.4 Å². The molecule has 0 aliphatic carbocycles. The van der Waals surface area contributed by atoms with Crippen LogP contribution >= 0.6 is 0 Å². The predicted molar refractivity (Wildman–Crippen MR) is 88.0 cm³/mol. The number of imide groups is 1. The molecule has 0 saturated carbocycles. The van der Waals surface area contributed by atoms with E-state index in [1.807, 2.05) is 18.7 Å². The largest absolute Gasteiger partial charge is 0.353 e. The Hall–Kier alpha value is -1.67. The molecule has 0 bridgehead atoms. The Morgan fingerprint density at radius 3 is 1.96 bits per heavy atom. The Bertz CT molecular complexity index is 408. The Morgan fingerprint density at radius 1 is 0.957 bits per heavy atom. The Balaban J connectivity index is 2.23. The Labute approximate surface area is 137 Å². The molecular formula is C15H29N5O3. The van der Waals surface area contributed by atoms with Crippen LogP contribution < -0.4 is 16.0 Å². The minimum atomic E-state index is -0.460. The number of hydrogen-bond donors (Lipinski definition) is 3. The van der Waals surface area contributed by atoms with Crippen molar-refractivity contribution in [1.82, 2.24) is 25.8 Å². The van der Waals surface area contributed by atoms with Gasteiger partial charge in [0, 0.05) is 38.8 Å². The van der Waals surface area contributed by atoms with Gasteiger partial charge in [-0.3, -0.25) is 24.7 Å². The number of nitrogens with one attached hydrogen (secondary N) is 3. The van der Waals surface area contributed by atoms with Crippen molar-refractivity contribution in [1.29, 1.82) is 0 Å². The zero-order chi connectivity index (χ0) is 17.2. The fraction of sp³-hybridized carbons (Fsp3) is 0.800. The number of nitrogens with zero attached hydrogens (tertiary/aromatic N) is 2. The minimum absolute atomic E-state index is 0.0433.